The molecule has 0 saturated carbocycles. The van der Waals surface area contributed by atoms with Crippen LogP contribution in [0, 0.1) is 12.8 Å². The molecule has 4 bridgehead atoms. The molecule has 48 heavy (non-hydrogen) atoms. The van der Waals surface area contributed by atoms with Gasteiger partial charge in [-0.3, -0.25) is 14.5 Å². The Labute approximate surface area is 291 Å². The summed E-state index contributed by atoms with van der Waals surface area (Å²) in [5, 5.41) is 15.3. The highest BCUT2D eigenvalue weighted by Gasteiger charge is 2.64. The number of nitrogens with zero attached hydrogens (tertiary/aromatic N) is 2. The predicted molar refractivity (Wildman–Crippen MR) is 188 cm³/mol. The van der Waals surface area contributed by atoms with E-state index in [2.05, 4.69) is 11.9 Å². The molecule has 2 fully saturated rings. The van der Waals surface area contributed by atoms with E-state index in [1.54, 1.807) is 27.2 Å². The van der Waals surface area contributed by atoms with Crippen molar-refractivity contribution in [3.8, 4) is 0 Å². The van der Waals surface area contributed by atoms with Crippen LogP contribution in [0.4, 0.5) is 5.69 Å². The van der Waals surface area contributed by atoms with Gasteiger partial charge in [0, 0.05) is 32.0 Å². The summed E-state index contributed by atoms with van der Waals surface area (Å²) >= 11 is 6.78. The third kappa shape index (κ3) is 7.94. The van der Waals surface area contributed by atoms with Gasteiger partial charge in [0.1, 0.15) is 30.0 Å². The van der Waals surface area contributed by atoms with Gasteiger partial charge in [-0.1, -0.05) is 48.4 Å². The van der Waals surface area contributed by atoms with Crippen LogP contribution in [-0.4, -0.2) is 90.4 Å². The van der Waals surface area contributed by atoms with E-state index < -0.39 is 47.8 Å². The van der Waals surface area contributed by atoms with Crippen molar-refractivity contribution in [1.29, 1.82) is 0 Å². The van der Waals surface area contributed by atoms with Crippen LogP contribution < -0.4 is 10.2 Å². The van der Waals surface area contributed by atoms with Crippen LogP contribution in [0.1, 0.15) is 72.4 Å². The van der Waals surface area contributed by atoms with Crippen molar-refractivity contribution >= 4 is 29.2 Å². The Bertz CT molecular complexity index is 1470. The second-order valence-corrected chi connectivity index (χ2v) is 15.3. The molecule has 3 aliphatic rings. The number of allylic oxidation sites excluding steroid dienone is 3. The van der Waals surface area contributed by atoms with Gasteiger partial charge in [0.2, 0.25) is 5.91 Å². The number of benzene rings is 1. The molecule has 10 nitrogen and oxygen atoms in total. The van der Waals surface area contributed by atoms with Crippen molar-refractivity contribution in [1.82, 2.24) is 10.2 Å². The maximum atomic E-state index is 14.1. The number of esters is 1. The molecule has 3 heterocycles. The maximum Gasteiger partial charge on any atom is 0.323 e. The number of methoxy groups -OCH3 is 1. The highest BCUT2D eigenvalue weighted by Crippen LogP contribution is 2.49. The summed E-state index contributed by atoms with van der Waals surface area (Å²) in [6.07, 6.45) is 3.65. The number of amides is 1. The van der Waals surface area contributed by atoms with Crippen LogP contribution in [0.2, 0.25) is 5.02 Å². The molecule has 1 aromatic rings. The molecule has 11 heteroatoms. The van der Waals surface area contributed by atoms with Crippen LogP contribution in [0.25, 0.3) is 0 Å². The standard InChI is InChI=1S/C37H54ClN3O7/c1-21-14-13-15-29(45-12)37(44)20-28(46-25(5)39-37)23(3)33-36(9,48-33)30(47-34(43)24(4)41(11)35(6,7)8)19-31(42)40(10)27-18-26(16-21)17-22(2)32(27)38/h13-15,17-18,23-24,28-30,33,39,44H,5,16,19-20H2,1-4,6-12H3/b15-13+,21-14+/t23-,24+,28+,29-,30+,33+,36+,37?/m1/s1. The number of rotatable bonds is 4. The molecule has 3 aliphatic heterocycles. The maximum absolute atomic E-state index is 14.1. The van der Waals surface area contributed by atoms with Gasteiger partial charge in [0.15, 0.2) is 11.6 Å². The molecule has 0 spiro atoms. The van der Waals surface area contributed by atoms with E-state index in [1.807, 2.05) is 84.7 Å². The quantitative estimate of drug-likeness (QED) is 0.316. The number of hydrogen-bond donors (Lipinski definition) is 2. The largest absolute Gasteiger partial charge is 0.476 e. The van der Waals surface area contributed by atoms with Crippen LogP contribution in [0.15, 0.2) is 48.4 Å². The summed E-state index contributed by atoms with van der Waals surface area (Å²) in [5.41, 5.74) is 0.620. The fraction of sp³-hybridized carbons (Fsp3) is 0.622. The SMILES string of the molecule is C=C1NC2(O)C[C@H](O1)[C@@H](C)[C@@H]1O[C@@]1(C)[C@@H](OC(=O)[C@H](C)N(C)C(C)(C)C)CC(=O)N(C)c1cc(cc(C)c1Cl)C/C(C)=C/C=C/[C@H]2OC. The normalized spacial score (nSPS) is 33.9. The first-order chi connectivity index (χ1) is 22.2. The van der Waals surface area contributed by atoms with E-state index in [0.717, 1.165) is 16.7 Å². The number of halogens is 1. The van der Waals surface area contributed by atoms with Gasteiger partial charge in [0.25, 0.3) is 0 Å². The Kier molecular flexibility index (Phi) is 11.2. The van der Waals surface area contributed by atoms with E-state index in [4.69, 9.17) is 30.5 Å². The summed E-state index contributed by atoms with van der Waals surface area (Å²) in [7, 11) is 5.10. The Morgan fingerprint density at radius 1 is 1.29 bits per heavy atom. The lowest BCUT2D eigenvalue weighted by molar-refractivity contribution is -0.161. The lowest BCUT2D eigenvalue weighted by atomic mass is 9.83. The molecule has 8 atom stereocenters. The number of ether oxygens (including phenoxy) is 4. The molecular weight excluding hydrogens is 634 g/mol. The zero-order chi connectivity index (χ0) is 35.9. The summed E-state index contributed by atoms with van der Waals surface area (Å²) in [6.45, 7) is 19.6. The van der Waals surface area contributed by atoms with E-state index in [9.17, 15) is 14.7 Å². The fourth-order valence-electron chi connectivity index (χ4n) is 6.73. The number of fused-ring (bicyclic) bond motifs is 5. The van der Waals surface area contributed by atoms with Crippen molar-refractivity contribution in [2.45, 2.75) is 122 Å². The van der Waals surface area contributed by atoms with E-state index in [1.165, 1.54) is 4.90 Å². The number of hydrogen-bond acceptors (Lipinski definition) is 9. The van der Waals surface area contributed by atoms with Gasteiger partial charge in [-0.25, -0.2) is 0 Å². The van der Waals surface area contributed by atoms with Gasteiger partial charge in [-0.15, -0.1) is 0 Å². The monoisotopic (exact) mass is 687 g/mol. The summed E-state index contributed by atoms with van der Waals surface area (Å²) in [5.74, 6) is -0.809. The van der Waals surface area contributed by atoms with Crippen LogP contribution in [0.3, 0.4) is 0 Å². The van der Waals surface area contributed by atoms with Crippen molar-refractivity contribution < 1.29 is 33.6 Å². The molecule has 0 radical (unpaired) electrons. The van der Waals surface area contributed by atoms with Gasteiger partial charge in [0.05, 0.1) is 23.2 Å². The molecule has 1 amide bonds. The number of carbonyl (C=O) groups is 2. The number of aliphatic hydroxyl groups is 1. The highest BCUT2D eigenvalue weighted by atomic mass is 35.5. The number of nitrogens with one attached hydrogen (secondary N) is 1. The topological polar surface area (TPSA) is 113 Å². The van der Waals surface area contributed by atoms with Gasteiger partial charge < -0.3 is 34.3 Å². The van der Waals surface area contributed by atoms with Crippen molar-refractivity contribution in [2.75, 3.05) is 26.1 Å². The van der Waals surface area contributed by atoms with E-state index in [-0.39, 0.29) is 36.1 Å². The number of anilines is 1. The van der Waals surface area contributed by atoms with Crippen molar-refractivity contribution in [3.05, 3.63) is 64.5 Å². The number of aryl methyl sites for hydroxylation is 1. The number of likely N-dealkylation sites (N-methyl/N-ethyl adjacent to an activating group) is 1. The zero-order valence-corrected chi connectivity index (χ0v) is 31.1. The van der Waals surface area contributed by atoms with Gasteiger partial charge in [-0.2, -0.15) is 0 Å². The van der Waals surface area contributed by atoms with Gasteiger partial charge in [-0.05, 0) is 85.7 Å². The second kappa shape index (κ2) is 14.2. The Morgan fingerprint density at radius 2 is 1.96 bits per heavy atom. The summed E-state index contributed by atoms with van der Waals surface area (Å²) in [4.78, 5) is 31.2. The lowest BCUT2D eigenvalue weighted by Crippen LogP contribution is -2.60. The molecule has 1 aromatic carbocycles. The van der Waals surface area contributed by atoms with Crippen LogP contribution in [-0.2, 0) is 35.0 Å². The minimum absolute atomic E-state index is 0.133. The van der Waals surface area contributed by atoms with Crippen molar-refractivity contribution in [2.24, 2.45) is 5.92 Å². The molecular formula is C37H54ClN3O7. The Hall–Kier alpha value is -2.89. The molecule has 2 saturated heterocycles. The molecule has 0 aromatic heterocycles. The van der Waals surface area contributed by atoms with Crippen LogP contribution in [0.5, 0.6) is 0 Å². The average Bonchev–Trinajstić information content (AvgIpc) is 3.69. The second-order valence-electron chi connectivity index (χ2n) is 14.9. The fourth-order valence-corrected chi connectivity index (χ4v) is 6.97. The first-order valence-electron chi connectivity index (χ1n) is 16.6. The summed E-state index contributed by atoms with van der Waals surface area (Å²) in [6, 6.07) is 3.35. The first-order valence-corrected chi connectivity index (χ1v) is 17.0. The minimum Gasteiger partial charge on any atom is -0.476 e. The third-order valence-electron chi connectivity index (χ3n) is 10.3. The minimum atomic E-state index is -1.52. The predicted octanol–water partition coefficient (Wildman–Crippen LogP) is 5.44. The summed E-state index contributed by atoms with van der Waals surface area (Å²) < 4.78 is 24.4. The smallest absolute Gasteiger partial charge is 0.323 e. The molecule has 4 rings (SSSR count). The first kappa shape index (κ1) is 37.9. The molecule has 2 N–H and O–H groups in total. The van der Waals surface area contributed by atoms with Crippen LogP contribution >= 0.6 is 11.6 Å². The molecule has 266 valence electrons. The molecule has 1 unspecified atom stereocenters. The number of carbonyl (C=O) groups excluding carboxylic acids is 2. The zero-order valence-electron chi connectivity index (χ0n) is 30.3. The highest BCUT2D eigenvalue weighted by molar-refractivity contribution is 6.34. The van der Waals surface area contributed by atoms with Crippen molar-refractivity contribution in [3.63, 3.8) is 0 Å². The average molecular weight is 688 g/mol. The Balaban J connectivity index is 1.78. The number of epoxide rings is 1. The van der Waals surface area contributed by atoms with E-state index >= 15 is 0 Å². The third-order valence-corrected chi connectivity index (χ3v) is 10.7. The van der Waals surface area contributed by atoms with Gasteiger partial charge >= 0.3 is 5.97 Å². The van der Waals surface area contributed by atoms with E-state index in [0.29, 0.717) is 17.1 Å². The Morgan fingerprint density at radius 3 is 2.58 bits per heavy atom. The molecule has 0 aliphatic carbocycles. The lowest BCUT2D eigenvalue weighted by Gasteiger charge is -2.44.